The molecule has 0 saturated heterocycles. The number of anilines is 1. The zero-order valence-electron chi connectivity index (χ0n) is 17.8. The average molecular weight is 461 g/mol. The van der Waals surface area contributed by atoms with Crippen molar-refractivity contribution in [2.24, 2.45) is 7.05 Å². The van der Waals surface area contributed by atoms with Crippen LogP contribution in [0.15, 0.2) is 71.5 Å². The highest BCUT2D eigenvalue weighted by Gasteiger charge is 2.23. The molecular weight excluding hydrogens is 443 g/mol. The molecule has 0 atom stereocenters. The number of benzene rings is 3. The van der Waals surface area contributed by atoms with Gasteiger partial charge in [0.2, 0.25) is 0 Å². The van der Waals surface area contributed by atoms with E-state index in [0.29, 0.717) is 22.3 Å². The van der Waals surface area contributed by atoms with Gasteiger partial charge in [0.1, 0.15) is 11.3 Å². The molecule has 2 aromatic heterocycles. The van der Waals surface area contributed by atoms with Gasteiger partial charge in [-0.2, -0.15) is 9.78 Å². The van der Waals surface area contributed by atoms with Gasteiger partial charge in [0.15, 0.2) is 5.69 Å². The molecule has 0 aliphatic carbocycles. The molecule has 1 amide bonds. The topological polar surface area (TPSA) is 68.9 Å². The Morgan fingerprint density at radius 2 is 1.79 bits per heavy atom. The fourth-order valence-corrected chi connectivity index (χ4v) is 4.14. The van der Waals surface area contributed by atoms with Crippen molar-refractivity contribution in [1.29, 1.82) is 0 Å². The number of hydrogen-bond donors (Lipinski definition) is 1. The third-order valence-electron chi connectivity index (χ3n) is 5.61. The number of aromatic nitrogens is 3. The van der Waals surface area contributed by atoms with Gasteiger partial charge in [-0.15, -0.1) is 0 Å². The van der Waals surface area contributed by atoms with E-state index < -0.39 is 11.7 Å². The average Bonchev–Trinajstić information content (AvgIpc) is 3.11. The minimum Gasteiger partial charge on any atom is -0.339 e. The Labute approximate surface area is 192 Å². The highest BCUT2D eigenvalue weighted by atomic mass is 35.5. The van der Waals surface area contributed by atoms with Crippen LogP contribution in [0.3, 0.4) is 0 Å². The molecule has 2 heterocycles. The standard InChI is InChI=1S/C25H18ClFN4O2/c1-14-7-10-16(11-8-14)31-25(33)23-21(17-5-3-4-6-20(17)30(23)2)22(29-31)24(32)28-15-9-12-19(27)18(26)13-15/h3-13H,1-2H3,(H,28,32). The maximum absolute atomic E-state index is 13.6. The lowest BCUT2D eigenvalue weighted by molar-refractivity contribution is 0.102. The molecule has 0 fully saturated rings. The molecule has 164 valence electrons. The molecule has 0 bridgehead atoms. The summed E-state index contributed by atoms with van der Waals surface area (Å²) in [6, 6.07) is 18.6. The number of halogens is 2. The third kappa shape index (κ3) is 3.47. The SMILES string of the molecule is Cc1ccc(-n2nc(C(=O)Nc3ccc(F)c(Cl)c3)c3c4ccccc4n(C)c3c2=O)cc1. The molecule has 5 rings (SSSR count). The van der Waals surface area contributed by atoms with Crippen LogP contribution in [0.5, 0.6) is 0 Å². The molecule has 3 aromatic carbocycles. The quantitative estimate of drug-likeness (QED) is 0.401. The number of carbonyl (C=O) groups is 1. The van der Waals surface area contributed by atoms with E-state index in [1.165, 1.54) is 22.9 Å². The Balaban J connectivity index is 1.78. The first-order valence-corrected chi connectivity index (χ1v) is 10.6. The number of aryl methyl sites for hydroxylation is 2. The van der Waals surface area contributed by atoms with Crippen LogP contribution in [0.1, 0.15) is 16.1 Å². The Morgan fingerprint density at radius 3 is 2.52 bits per heavy atom. The van der Waals surface area contributed by atoms with Gasteiger partial charge in [0.25, 0.3) is 11.5 Å². The van der Waals surface area contributed by atoms with E-state index in [2.05, 4.69) is 10.4 Å². The zero-order chi connectivity index (χ0) is 23.3. The first-order chi connectivity index (χ1) is 15.8. The van der Waals surface area contributed by atoms with Crippen LogP contribution in [-0.2, 0) is 7.05 Å². The summed E-state index contributed by atoms with van der Waals surface area (Å²) in [5.41, 5.74) is 2.77. The third-order valence-corrected chi connectivity index (χ3v) is 5.90. The van der Waals surface area contributed by atoms with Crippen LogP contribution >= 0.6 is 11.6 Å². The van der Waals surface area contributed by atoms with Crippen LogP contribution in [-0.4, -0.2) is 20.3 Å². The summed E-state index contributed by atoms with van der Waals surface area (Å²) in [7, 11) is 1.78. The lowest BCUT2D eigenvalue weighted by Gasteiger charge is -2.11. The minimum atomic E-state index is -0.586. The number of para-hydroxylation sites is 1. The summed E-state index contributed by atoms with van der Waals surface area (Å²) < 4.78 is 16.6. The van der Waals surface area contributed by atoms with Crippen molar-refractivity contribution in [3.8, 4) is 5.69 Å². The van der Waals surface area contributed by atoms with E-state index >= 15 is 0 Å². The highest BCUT2D eigenvalue weighted by Crippen LogP contribution is 2.29. The number of nitrogens with zero attached hydrogens (tertiary/aromatic N) is 3. The zero-order valence-corrected chi connectivity index (χ0v) is 18.5. The summed E-state index contributed by atoms with van der Waals surface area (Å²) in [6.07, 6.45) is 0. The predicted octanol–water partition coefficient (Wildman–Crippen LogP) is 5.23. The molecule has 0 aliphatic heterocycles. The normalized spacial score (nSPS) is 11.3. The molecule has 5 aromatic rings. The second kappa shape index (κ2) is 7.86. The largest absolute Gasteiger partial charge is 0.339 e. The number of hydrogen-bond acceptors (Lipinski definition) is 3. The molecule has 33 heavy (non-hydrogen) atoms. The van der Waals surface area contributed by atoms with E-state index in [1.54, 1.807) is 23.7 Å². The number of amides is 1. The Kier molecular flexibility index (Phi) is 4.98. The van der Waals surface area contributed by atoms with Crippen molar-refractivity contribution >= 4 is 45.0 Å². The number of nitrogens with one attached hydrogen (secondary N) is 1. The molecule has 6 nitrogen and oxygen atoms in total. The van der Waals surface area contributed by atoms with Crippen LogP contribution in [0.2, 0.25) is 5.02 Å². The Morgan fingerprint density at radius 1 is 1.06 bits per heavy atom. The summed E-state index contributed by atoms with van der Waals surface area (Å²) in [4.78, 5) is 26.9. The smallest absolute Gasteiger partial charge is 0.296 e. The molecule has 0 spiro atoms. The molecule has 8 heteroatoms. The lowest BCUT2D eigenvalue weighted by Crippen LogP contribution is -2.27. The summed E-state index contributed by atoms with van der Waals surface area (Å²) >= 11 is 5.87. The van der Waals surface area contributed by atoms with Gasteiger partial charge in [0, 0.05) is 29.0 Å². The van der Waals surface area contributed by atoms with Gasteiger partial charge in [-0.3, -0.25) is 9.59 Å². The van der Waals surface area contributed by atoms with Gasteiger partial charge in [-0.1, -0.05) is 47.5 Å². The second-order valence-electron chi connectivity index (χ2n) is 7.78. The Hall–Kier alpha value is -3.97. The van der Waals surface area contributed by atoms with E-state index in [-0.39, 0.29) is 16.3 Å². The van der Waals surface area contributed by atoms with Crippen LogP contribution in [0.4, 0.5) is 10.1 Å². The maximum atomic E-state index is 13.6. The molecule has 0 radical (unpaired) electrons. The first kappa shape index (κ1) is 20.9. The van der Waals surface area contributed by atoms with Gasteiger partial charge < -0.3 is 9.88 Å². The monoisotopic (exact) mass is 460 g/mol. The molecular formula is C25H18ClFN4O2. The predicted molar refractivity (Wildman–Crippen MR) is 128 cm³/mol. The fraction of sp³-hybridized carbons (Fsp3) is 0.0800. The van der Waals surface area contributed by atoms with Gasteiger partial charge >= 0.3 is 0 Å². The van der Waals surface area contributed by atoms with Crippen molar-refractivity contribution in [3.05, 3.63) is 99.2 Å². The molecule has 0 aliphatic rings. The van der Waals surface area contributed by atoms with Gasteiger partial charge in [0.05, 0.1) is 10.7 Å². The van der Waals surface area contributed by atoms with Crippen LogP contribution in [0, 0.1) is 12.7 Å². The molecule has 0 saturated carbocycles. The summed E-state index contributed by atoms with van der Waals surface area (Å²) in [5.74, 6) is -1.13. The van der Waals surface area contributed by atoms with E-state index in [4.69, 9.17) is 11.6 Å². The van der Waals surface area contributed by atoms with E-state index in [0.717, 1.165) is 16.5 Å². The Bertz CT molecular complexity index is 1620. The van der Waals surface area contributed by atoms with E-state index in [1.807, 2.05) is 43.3 Å². The molecule has 0 unspecified atom stereocenters. The van der Waals surface area contributed by atoms with Crippen molar-refractivity contribution in [1.82, 2.24) is 14.3 Å². The van der Waals surface area contributed by atoms with Gasteiger partial charge in [-0.25, -0.2) is 4.39 Å². The van der Waals surface area contributed by atoms with Crippen molar-refractivity contribution in [2.45, 2.75) is 6.92 Å². The van der Waals surface area contributed by atoms with Crippen molar-refractivity contribution < 1.29 is 9.18 Å². The molecule has 1 N–H and O–H groups in total. The van der Waals surface area contributed by atoms with E-state index in [9.17, 15) is 14.0 Å². The number of rotatable bonds is 3. The summed E-state index contributed by atoms with van der Waals surface area (Å²) in [5, 5.41) is 8.27. The number of carbonyl (C=O) groups excluding carboxylic acids is 1. The number of fused-ring (bicyclic) bond motifs is 3. The first-order valence-electron chi connectivity index (χ1n) is 10.2. The summed E-state index contributed by atoms with van der Waals surface area (Å²) in [6.45, 7) is 1.94. The second-order valence-corrected chi connectivity index (χ2v) is 8.19. The maximum Gasteiger partial charge on any atom is 0.296 e. The minimum absolute atomic E-state index is 0.0717. The fourth-order valence-electron chi connectivity index (χ4n) is 3.96. The van der Waals surface area contributed by atoms with Gasteiger partial charge in [-0.05, 0) is 43.3 Å². The van der Waals surface area contributed by atoms with Crippen molar-refractivity contribution in [3.63, 3.8) is 0 Å². The highest BCUT2D eigenvalue weighted by molar-refractivity contribution is 6.31. The van der Waals surface area contributed by atoms with Crippen molar-refractivity contribution in [2.75, 3.05) is 5.32 Å². The van der Waals surface area contributed by atoms with Crippen LogP contribution < -0.4 is 10.9 Å². The van der Waals surface area contributed by atoms with Crippen LogP contribution in [0.25, 0.3) is 27.5 Å². The lowest BCUT2D eigenvalue weighted by atomic mass is 10.1.